The van der Waals surface area contributed by atoms with Gasteiger partial charge in [-0.3, -0.25) is 10.00 Å². The van der Waals surface area contributed by atoms with Crippen LogP contribution in [0.2, 0.25) is 5.02 Å². The lowest BCUT2D eigenvalue weighted by molar-refractivity contribution is 0.174. The molecular formula is C25H30ClF2N5. The van der Waals surface area contributed by atoms with E-state index in [1.54, 1.807) is 24.3 Å². The van der Waals surface area contributed by atoms with Gasteiger partial charge in [0, 0.05) is 23.9 Å². The van der Waals surface area contributed by atoms with Crippen LogP contribution in [-0.2, 0) is 13.0 Å². The van der Waals surface area contributed by atoms with E-state index in [1.807, 2.05) is 26.8 Å². The second-order valence-corrected chi connectivity index (χ2v) is 9.62. The average Bonchev–Trinajstić information content (AvgIpc) is 3.19. The van der Waals surface area contributed by atoms with Gasteiger partial charge in [-0.1, -0.05) is 37.6 Å². The van der Waals surface area contributed by atoms with Crippen molar-refractivity contribution in [3.63, 3.8) is 0 Å². The fraction of sp³-hybridized carbons (Fsp3) is 0.440. The molecule has 1 aliphatic rings. The van der Waals surface area contributed by atoms with Crippen LogP contribution in [0.3, 0.4) is 0 Å². The first-order valence-electron chi connectivity index (χ1n) is 11.4. The molecule has 5 nitrogen and oxygen atoms in total. The van der Waals surface area contributed by atoms with Crippen molar-refractivity contribution in [3.8, 4) is 0 Å². The van der Waals surface area contributed by atoms with Crippen LogP contribution in [0.15, 0.2) is 30.3 Å². The third-order valence-electron chi connectivity index (χ3n) is 6.25. The molecular weight excluding hydrogens is 444 g/mol. The summed E-state index contributed by atoms with van der Waals surface area (Å²) in [6.45, 7) is 8.09. The molecule has 3 aromatic rings. The number of aromatic nitrogens is 3. The molecule has 8 heteroatoms. The van der Waals surface area contributed by atoms with Crippen LogP contribution in [0.4, 0.5) is 20.4 Å². The predicted molar refractivity (Wildman–Crippen MR) is 128 cm³/mol. The van der Waals surface area contributed by atoms with Crippen LogP contribution in [0, 0.1) is 24.5 Å². The molecule has 0 saturated carbocycles. The Morgan fingerprint density at radius 1 is 1.15 bits per heavy atom. The molecule has 3 heterocycles. The molecule has 1 saturated heterocycles. The van der Waals surface area contributed by atoms with Crippen LogP contribution in [-0.4, -0.2) is 33.2 Å². The maximum atomic E-state index is 15.3. The molecule has 0 bridgehead atoms. The highest BCUT2D eigenvalue weighted by atomic mass is 35.5. The van der Waals surface area contributed by atoms with Crippen molar-refractivity contribution in [3.05, 3.63) is 69.5 Å². The van der Waals surface area contributed by atoms with Crippen molar-refractivity contribution in [1.29, 1.82) is 0 Å². The Bertz CT molecular complexity index is 1110. The van der Waals surface area contributed by atoms with Gasteiger partial charge in [0.1, 0.15) is 17.5 Å². The molecule has 0 radical (unpaired) electrons. The van der Waals surface area contributed by atoms with Gasteiger partial charge in [-0.15, -0.1) is 0 Å². The van der Waals surface area contributed by atoms with Crippen LogP contribution >= 0.6 is 11.6 Å². The highest BCUT2D eigenvalue weighted by Gasteiger charge is 2.24. The van der Waals surface area contributed by atoms with E-state index in [0.717, 1.165) is 31.6 Å². The van der Waals surface area contributed by atoms with Crippen LogP contribution < -0.4 is 5.32 Å². The Morgan fingerprint density at radius 3 is 2.58 bits per heavy atom. The SMILES string of the molecule is Cc1cc(Nc2cc(C(C)C)c(F)c(CC3CCN(Cc4cccc(Cl)c4F)CC3)n2)n[nH]1. The topological polar surface area (TPSA) is 56.8 Å². The fourth-order valence-corrected chi connectivity index (χ4v) is 4.56. The van der Waals surface area contributed by atoms with E-state index in [9.17, 15) is 4.39 Å². The van der Waals surface area contributed by atoms with Crippen LogP contribution in [0.1, 0.15) is 55.1 Å². The summed E-state index contributed by atoms with van der Waals surface area (Å²) in [5.74, 6) is 1.09. The van der Waals surface area contributed by atoms with Crippen molar-refractivity contribution in [2.45, 2.75) is 52.5 Å². The Balaban J connectivity index is 1.43. The number of anilines is 2. The van der Waals surface area contributed by atoms with Crippen LogP contribution in [0.5, 0.6) is 0 Å². The number of nitrogens with one attached hydrogen (secondary N) is 2. The van der Waals surface area contributed by atoms with Crippen LogP contribution in [0.25, 0.3) is 0 Å². The minimum absolute atomic E-state index is 0.0441. The summed E-state index contributed by atoms with van der Waals surface area (Å²) in [5, 5.41) is 10.4. The van der Waals surface area contributed by atoms with Gasteiger partial charge >= 0.3 is 0 Å². The maximum Gasteiger partial charge on any atom is 0.153 e. The zero-order valence-electron chi connectivity index (χ0n) is 19.3. The molecule has 1 aliphatic heterocycles. The smallest absolute Gasteiger partial charge is 0.153 e. The Morgan fingerprint density at radius 2 is 1.91 bits per heavy atom. The predicted octanol–water partition coefficient (Wildman–Crippen LogP) is 6.37. The highest BCUT2D eigenvalue weighted by molar-refractivity contribution is 6.30. The molecule has 1 fully saturated rings. The van der Waals surface area contributed by atoms with Gasteiger partial charge in [0.15, 0.2) is 5.82 Å². The van der Waals surface area contributed by atoms with Crippen molar-refractivity contribution in [2.75, 3.05) is 18.4 Å². The third kappa shape index (κ3) is 5.71. The summed E-state index contributed by atoms with van der Waals surface area (Å²) in [7, 11) is 0. The van der Waals surface area contributed by atoms with E-state index in [0.29, 0.717) is 47.3 Å². The van der Waals surface area contributed by atoms with Gasteiger partial charge in [-0.05, 0) is 68.8 Å². The van der Waals surface area contributed by atoms with Gasteiger partial charge in [0.05, 0.1) is 10.7 Å². The number of hydrogen-bond donors (Lipinski definition) is 2. The number of H-pyrrole nitrogens is 1. The molecule has 0 unspecified atom stereocenters. The number of nitrogens with zero attached hydrogens (tertiary/aromatic N) is 3. The lowest BCUT2D eigenvalue weighted by Crippen LogP contribution is -2.34. The van der Waals surface area contributed by atoms with E-state index < -0.39 is 0 Å². The lowest BCUT2D eigenvalue weighted by Gasteiger charge is -2.32. The molecule has 4 rings (SSSR count). The van der Waals surface area contributed by atoms with Crippen molar-refractivity contribution in [1.82, 2.24) is 20.1 Å². The molecule has 0 amide bonds. The quantitative estimate of drug-likeness (QED) is 0.419. The Hall–Kier alpha value is -2.51. The number of aryl methyl sites for hydroxylation is 1. The van der Waals surface area contributed by atoms with Gasteiger partial charge < -0.3 is 5.32 Å². The van der Waals surface area contributed by atoms with Crippen molar-refractivity contribution < 1.29 is 8.78 Å². The van der Waals surface area contributed by atoms with E-state index >= 15 is 4.39 Å². The first-order valence-corrected chi connectivity index (χ1v) is 11.8. The van der Waals surface area contributed by atoms with Gasteiger partial charge in [0.25, 0.3) is 0 Å². The van der Waals surface area contributed by atoms with Crippen molar-refractivity contribution >= 4 is 23.2 Å². The highest BCUT2D eigenvalue weighted by Crippen LogP contribution is 2.29. The molecule has 0 atom stereocenters. The third-order valence-corrected chi connectivity index (χ3v) is 6.55. The molecule has 1 aromatic carbocycles. The number of aromatic amines is 1. The second-order valence-electron chi connectivity index (χ2n) is 9.21. The summed E-state index contributed by atoms with van der Waals surface area (Å²) in [5.41, 5.74) is 2.70. The fourth-order valence-electron chi connectivity index (χ4n) is 4.37. The Labute approximate surface area is 198 Å². The summed E-state index contributed by atoms with van der Waals surface area (Å²) in [6, 6.07) is 8.78. The number of benzene rings is 1. The number of piperidine rings is 1. The minimum atomic E-state index is -0.342. The maximum absolute atomic E-state index is 15.3. The van der Waals surface area contributed by atoms with E-state index in [2.05, 4.69) is 25.4 Å². The summed E-state index contributed by atoms with van der Waals surface area (Å²) in [4.78, 5) is 6.83. The zero-order valence-corrected chi connectivity index (χ0v) is 20.0. The standard InChI is InChI=1S/C25H30ClF2N5/c1-15(2)19-13-22(30-23-11-16(3)31-32-23)29-21(25(19)28)12-17-7-9-33(10-8-17)14-18-5-4-6-20(26)24(18)27/h4-6,11,13,15,17H,7-10,12,14H2,1-3H3,(H2,29,30,31,32). The van der Waals surface area contributed by atoms with E-state index in [1.165, 1.54) is 0 Å². The lowest BCUT2D eigenvalue weighted by atomic mass is 9.90. The normalized spacial score (nSPS) is 15.4. The van der Waals surface area contributed by atoms with E-state index in [4.69, 9.17) is 11.6 Å². The number of likely N-dealkylation sites (tertiary alicyclic amines) is 1. The number of halogens is 3. The molecule has 2 N–H and O–H groups in total. The summed E-state index contributed by atoms with van der Waals surface area (Å²) >= 11 is 5.91. The van der Waals surface area contributed by atoms with Crippen molar-refractivity contribution in [2.24, 2.45) is 5.92 Å². The zero-order chi connectivity index (χ0) is 23.5. The van der Waals surface area contributed by atoms with Gasteiger partial charge in [-0.25, -0.2) is 13.8 Å². The van der Waals surface area contributed by atoms with Gasteiger partial charge in [-0.2, -0.15) is 5.10 Å². The second kappa shape index (κ2) is 10.2. The minimum Gasteiger partial charge on any atom is -0.323 e. The Kier molecular flexibility index (Phi) is 7.29. The largest absolute Gasteiger partial charge is 0.323 e. The number of rotatable bonds is 7. The van der Waals surface area contributed by atoms with E-state index in [-0.39, 0.29) is 22.6 Å². The molecule has 176 valence electrons. The first-order chi connectivity index (χ1) is 15.8. The summed E-state index contributed by atoms with van der Waals surface area (Å²) < 4.78 is 29.5. The van der Waals surface area contributed by atoms with Gasteiger partial charge in [0.2, 0.25) is 0 Å². The molecule has 0 aliphatic carbocycles. The molecule has 2 aromatic heterocycles. The summed E-state index contributed by atoms with van der Waals surface area (Å²) in [6.07, 6.45) is 2.41. The number of pyridine rings is 1. The monoisotopic (exact) mass is 473 g/mol. The number of hydrogen-bond acceptors (Lipinski definition) is 4. The average molecular weight is 474 g/mol. The molecule has 0 spiro atoms. The first kappa shape index (κ1) is 23.6. The molecule has 33 heavy (non-hydrogen) atoms.